The Hall–Kier alpha value is -0.990. The largest absolute Gasteiger partial charge is 1.00 e. The lowest BCUT2D eigenvalue weighted by molar-refractivity contribution is -0.957. The third kappa shape index (κ3) is 3.63. The molecule has 28 heavy (non-hydrogen) atoms. The normalized spacial score (nSPS) is 38.4. The number of hydrogen-bond acceptors (Lipinski definition) is 4. The Balaban J connectivity index is 0.00000112. The van der Waals surface area contributed by atoms with E-state index < -0.39 is 5.92 Å². The molecule has 5 rings (SSSR count). The van der Waals surface area contributed by atoms with Crippen molar-refractivity contribution in [3.05, 3.63) is 35.9 Å². The number of carbonyl (C=O) groups is 1. The molecule has 3 N–H and O–H groups in total. The highest BCUT2D eigenvalue weighted by Gasteiger charge is 2.72. The van der Waals surface area contributed by atoms with Gasteiger partial charge in [-0.25, -0.2) is 0 Å². The second-order valence-electron chi connectivity index (χ2n) is 8.85. The summed E-state index contributed by atoms with van der Waals surface area (Å²) in [5, 5.41) is 9.71. The number of halogens is 1. The van der Waals surface area contributed by atoms with Gasteiger partial charge in [0, 0.05) is 18.8 Å². The number of epoxide rings is 1. The molecule has 3 aliphatic heterocycles. The molecule has 7 heteroatoms. The Labute approximate surface area is 176 Å². The van der Waals surface area contributed by atoms with E-state index >= 15 is 0 Å². The van der Waals surface area contributed by atoms with Gasteiger partial charge in [0.2, 0.25) is 0 Å². The Morgan fingerprint density at radius 2 is 1.82 bits per heavy atom. The lowest BCUT2D eigenvalue weighted by atomic mass is 9.94. The van der Waals surface area contributed by atoms with E-state index in [4.69, 9.17) is 9.47 Å². The van der Waals surface area contributed by atoms with Crippen LogP contribution < -0.4 is 17.0 Å². The van der Waals surface area contributed by atoms with E-state index in [9.17, 15) is 9.90 Å². The van der Waals surface area contributed by atoms with E-state index in [2.05, 4.69) is 7.05 Å². The predicted molar refractivity (Wildman–Crippen MR) is 99.0 cm³/mol. The lowest BCUT2D eigenvalue weighted by Crippen LogP contribution is -3.00. The van der Waals surface area contributed by atoms with Gasteiger partial charge in [-0.05, 0) is 18.4 Å². The van der Waals surface area contributed by atoms with E-state index in [0.717, 1.165) is 28.8 Å². The standard InChI is InChI=1S/C21H28NO4.BrH.H2O/c1-22(11-13-7-8-13)17-9-15(10-18(22)20-19(17)26-20)25-21(24)16(12-23)14-5-3-2-4-6-14;;/h2-6,13,15-20,23H,7-12H2,1H3;1H;1H2/q+1;;/p-1/t15?,16-,17-,18-,19-,20+,22?;;/m0../s1. The molecule has 1 saturated carbocycles. The zero-order chi connectivity index (χ0) is 17.9. The Morgan fingerprint density at radius 1 is 1.21 bits per heavy atom. The first-order valence-corrected chi connectivity index (χ1v) is 9.97. The van der Waals surface area contributed by atoms with Crippen molar-refractivity contribution in [3.63, 3.8) is 0 Å². The molecule has 0 aromatic heterocycles. The van der Waals surface area contributed by atoms with Crippen molar-refractivity contribution in [2.45, 2.75) is 62.0 Å². The number of carbonyl (C=O) groups excluding carboxylic acids is 1. The molecule has 1 aromatic rings. The molecule has 7 atom stereocenters. The smallest absolute Gasteiger partial charge is 0.316 e. The van der Waals surface area contributed by atoms with E-state index in [1.165, 1.54) is 19.4 Å². The number of morpholine rings is 1. The topological polar surface area (TPSA) is 90.6 Å². The zero-order valence-electron chi connectivity index (χ0n) is 16.2. The van der Waals surface area contributed by atoms with Crippen molar-refractivity contribution < 1.29 is 46.3 Å². The second-order valence-corrected chi connectivity index (χ2v) is 8.85. The van der Waals surface area contributed by atoms with Crippen molar-refractivity contribution in [3.8, 4) is 0 Å². The summed E-state index contributed by atoms with van der Waals surface area (Å²) in [6, 6.07) is 10.4. The second kappa shape index (κ2) is 8.03. The van der Waals surface area contributed by atoms with Gasteiger partial charge in [-0.2, -0.15) is 0 Å². The Kier molecular flexibility index (Phi) is 6.23. The molecular weight excluding hydrogens is 426 g/mol. The average Bonchev–Trinajstić information content (AvgIpc) is 3.51. The molecule has 0 amide bonds. The van der Waals surface area contributed by atoms with Gasteiger partial charge in [-0.15, -0.1) is 0 Å². The molecule has 2 bridgehead atoms. The minimum Gasteiger partial charge on any atom is -1.00 e. The Morgan fingerprint density at radius 3 is 2.36 bits per heavy atom. The van der Waals surface area contributed by atoms with Crippen LogP contribution in [0.2, 0.25) is 0 Å². The van der Waals surface area contributed by atoms with Crippen LogP contribution >= 0.6 is 0 Å². The fraction of sp³-hybridized carbons (Fsp3) is 0.667. The first kappa shape index (κ1) is 21.7. The number of ether oxygens (including phenoxy) is 2. The van der Waals surface area contributed by atoms with Crippen LogP contribution in [0.4, 0.5) is 0 Å². The maximum absolute atomic E-state index is 12.7. The average molecular weight is 456 g/mol. The van der Waals surface area contributed by atoms with Gasteiger partial charge in [-0.1, -0.05) is 30.3 Å². The van der Waals surface area contributed by atoms with E-state index in [1.807, 2.05) is 30.3 Å². The number of rotatable bonds is 6. The molecule has 3 heterocycles. The van der Waals surface area contributed by atoms with Gasteiger partial charge < -0.3 is 41.5 Å². The van der Waals surface area contributed by atoms with Gasteiger partial charge in [0.05, 0.1) is 20.2 Å². The molecular formula is C21H30BrNO5. The fourth-order valence-electron chi connectivity index (χ4n) is 5.53. The third-order valence-electron chi connectivity index (χ3n) is 7.14. The molecule has 4 aliphatic rings. The molecule has 0 spiro atoms. The van der Waals surface area contributed by atoms with Crippen LogP contribution in [-0.2, 0) is 14.3 Å². The first-order chi connectivity index (χ1) is 12.6. The van der Waals surface area contributed by atoms with Gasteiger partial charge in [0.25, 0.3) is 0 Å². The first-order valence-electron chi connectivity index (χ1n) is 9.97. The van der Waals surface area contributed by atoms with E-state index in [0.29, 0.717) is 24.3 Å². The maximum Gasteiger partial charge on any atom is 0.316 e. The predicted octanol–water partition coefficient (Wildman–Crippen LogP) is -1.98. The minimum absolute atomic E-state index is 0. The summed E-state index contributed by atoms with van der Waals surface area (Å²) in [5.74, 6) is 0.00309. The van der Waals surface area contributed by atoms with Crippen molar-refractivity contribution in [1.82, 2.24) is 0 Å². The molecule has 1 aromatic carbocycles. The number of piperidine rings is 1. The lowest BCUT2D eigenvalue weighted by Gasteiger charge is -2.48. The number of hydrogen-bond donors (Lipinski definition) is 1. The van der Waals surface area contributed by atoms with Crippen LogP contribution in [0.1, 0.15) is 37.2 Å². The van der Waals surface area contributed by atoms with Gasteiger partial charge in [-0.3, -0.25) is 4.79 Å². The zero-order valence-corrected chi connectivity index (χ0v) is 17.8. The molecule has 1 aliphatic carbocycles. The van der Waals surface area contributed by atoms with Gasteiger partial charge in [0.15, 0.2) is 0 Å². The molecule has 156 valence electrons. The highest BCUT2D eigenvalue weighted by atomic mass is 79.9. The number of esters is 1. The van der Waals surface area contributed by atoms with Crippen LogP contribution in [0, 0.1) is 5.92 Å². The molecule has 2 unspecified atom stereocenters. The van der Waals surface area contributed by atoms with Crippen molar-refractivity contribution in [1.29, 1.82) is 0 Å². The third-order valence-corrected chi connectivity index (χ3v) is 7.14. The summed E-state index contributed by atoms with van der Waals surface area (Å²) in [6.07, 6.45) is 5.22. The van der Waals surface area contributed by atoms with Crippen molar-refractivity contribution >= 4 is 5.97 Å². The van der Waals surface area contributed by atoms with Crippen LogP contribution in [0.25, 0.3) is 0 Å². The number of nitrogens with zero attached hydrogens (tertiary/aromatic N) is 1. The van der Waals surface area contributed by atoms with Crippen molar-refractivity contribution in [2.24, 2.45) is 5.92 Å². The van der Waals surface area contributed by atoms with Crippen LogP contribution in [0.3, 0.4) is 0 Å². The number of aliphatic hydroxyl groups excluding tert-OH is 1. The van der Waals surface area contributed by atoms with Gasteiger partial charge in [0.1, 0.15) is 36.3 Å². The minimum atomic E-state index is -0.589. The quantitative estimate of drug-likeness (QED) is 0.305. The molecule has 0 radical (unpaired) electrons. The molecule has 4 fully saturated rings. The highest BCUT2D eigenvalue weighted by Crippen LogP contribution is 2.54. The number of benzene rings is 1. The number of fused-ring (bicyclic) bond motifs is 5. The van der Waals surface area contributed by atoms with E-state index in [-0.39, 0.29) is 41.1 Å². The summed E-state index contributed by atoms with van der Waals surface area (Å²) < 4.78 is 12.9. The molecule has 3 saturated heterocycles. The van der Waals surface area contributed by atoms with Crippen molar-refractivity contribution in [2.75, 3.05) is 20.2 Å². The summed E-state index contributed by atoms with van der Waals surface area (Å²) >= 11 is 0. The van der Waals surface area contributed by atoms with Crippen LogP contribution in [-0.4, -0.2) is 71.6 Å². The summed E-state index contributed by atoms with van der Waals surface area (Å²) in [6.45, 7) is 1.04. The monoisotopic (exact) mass is 455 g/mol. The Bertz CT molecular complexity index is 679. The maximum atomic E-state index is 12.7. The highest BCUT2D eigenvalue weighted by molar-refractivity contribution is 5.78. The number of aliphatic hydroxyl groups is 1. The van der Waals surface area contributed by atoms with E-state index in [1.54, 1.807) is 0 Å². The fourth-order valence-corrected chi connectivity index (χ4v) is 5.53. The summed E-state index contributed by atoms with van der Waals surface area (Å²) in [4.78, 5) is 12.7. The number of likely N-dealkylation sites (N-methyl/N-ethyl adjacent to an activating group) is 1. The summed E-state index contributed by atoms with van der Waals surface area (Å²) in [7, 11) is 2.39. The number of quaternary nitrogens is 1. The SMILES string of the molecule is C[N+]1(CC2CC2)[C@H]2CC(OC(=O)[C@@H](CO)c3ccccc3)C[C@H]1[C@H]1O[C@H]12.O.[Br-]. The molecule has 6 nitrogen and oxygen atoms in total. The van der Waals surface area contributed by atoms with Crippen LogP contribution in [0.15, 0.2) is 30.3 Å². The van der Waals surface area contributed by atoms with Gasteiger partial charge >= 0.3 is 5.97 Å². The van der Waals surface area contributed by atoms with Crippen LogP contribution in [0.5, 0.6) is 0 Å². The summed E-state index contributed by atoms with van der Waals surface area (Å²) in [5.41, 5.74) is 0.819.